The molecule has 3 amide bonds. The van der Waals surface area contributed by atoms with Crippen LogP contribution in [0, 0.1) is 11.3 Å². The van der Waals surface area contributed by atoms with Crippen molar-refractivity contribution in [3.63, 3.8) is 0 Å². The second-order valence-corrected chi connectivity index (χ2v) is 8.00. The zero-order valence-electron chi connectivity index (χ0n) is 17.9. The van der Waals surface area contributed by atoms with Crippen molar-refractivity contribution >= 4 is 28.5 Å². The van der Waals surface area contributed by atoms with Crippen LogP contribution in [0.2, 0.25) is 0 Å². The number of benzene rings is 2. The lowest BCUT2D eigenvalue weighted by molar-refractivity contribution is 0.102. The van der Waals surface area contributed by atoms with E-state index in [1.54, 1.807) is 28.9 Å². The fraction of sp³-hybridized carbons (Fsp3) is 0.167. The van der Waals surface area contributed by atoms with Gasteiger partial charge in [0.1, 0.15) is 5.69 Å². The van der Waals surface area contributed by atoms with Gasteiger partial charge in [0.05, 0.1) is 36.0 Å². The fourth-order valence-corrected chi connectivity index (χ4v) is 4.20. The van der Waals surface area contributed by atoms with Crippen molar-refractivity contribution in [3.05, 3.63) is 71.5 Å². The molecule has 0 saturated carbocycles. The number of carbonyl (C=O) groups excluding carboxylic acids is 2. The normalized spacial score (nSPS) is 12.9. The zero-order chi connectivity index (χ0) is 23.1. The lowest BCUT2D eigenvalue weighted by Crippen LogP contribution is -2.42. The van der Waals surface area contributed by atoms with Crippen molar-refractivity contribution in [3.8, 4) is 17.3 Å². The maximum Gasteiger partial charge on any atom is 0.315 e. The number of hydrogen-bond donors (Lipinski definition) is 2. The van der Waals surface area contributed by atoms with E-state index < -0.39 is 6.03 Å². The van der Waals surface area contributed by atoms with E-state index in [9.17, 15) is 9.59 Å². The molecule has 0 atom stereocenters. The number of fused-ring (bicyclic) bond motifs is 2. The first-order chi connectivity index (χ1) is 15.9. The second kappa shape index (κ2) is 7.84. The van der Waals surface area contributed by atoms with E-state index in [1.807, 2.05) is 42.1 Å². The average molecular weight is 439 g/mol. The minimum absolute atomic E-state index is 0.200. The first-order valence-corrected chi connectivity index (χ1v) is 10.5. The number of nitriles is 1. The van der Waals surface area contributed by atoms with Crippen LogP contribution >= 0.6 is 0 Å². The number of primary amides is 1. The lowest BCUT2D eigenvalue weighted by Gasteiger charge is -2.26. The van der Waals surface area contributed by atoms with Crippen molar-refractivity contribution in [2.45, 2.75) is 13.1 Å². The highest BCUT2D eigenvalue weighted by atomic mass is 16.2. The number of aryl methyl sites for hydroxylation is 1. The Balaban J connectivity index is 1.60. The molecule has 1 aliphatic heterocycles. The molecule has 2 aromatic heterocycles. The van der Waals surface area contributed by atoms with Crippen LogP contribution in [0.3, 0.4) is 0 Å². The van der Waals surface area contributed by atoms with Gasteiger partial charge >= 0.3 is 6.03 Å². The van der Waals surface area contributed by atoms with E-state index in [2.05, 4.69) is 11.4 Å². The third-order valence-corrected chi connectivity index (χ3v) is 5.95. The van der Waals surface area contributed by atoms with Gasteiger partial charge in [-0.2, -0.15) is 10.4 Å². The third kappa shape index (κ3) is 3.57. The Morgan fingerprint density at radius 2 is 1.91 bits per heavy atom. The summed E-state index contributed by atoms with van der Waals surface area (Å²) in [5, 5.41) is 17.7. The molecular formula is C24H21N7O2. The quantitative estimate of drug-likeness (QED) is 0.509. The van der Waals surface area contributed by atoms with E-state index >= 15 is 0 Å². The highest BCUT2D eigenvalue weighted by Gasteiger charge is 2.30. The molecule has 0 unspecified atom stereocenters. The Morgan fingerprint density at radius 1 is 1.12 bits per heavy atom. The summed E-state index contributed by atoms with van der Waals surface area (Å²) in [6.07, 6.45) is 1.98. The molecule has 1 aliphatic rings. The maximum atomic E-state index is 13.5. The molecule has 9 heteroatoms. The Hall–Kier alpha value is -4.58. The highest BCUT2D eigenvalue weighted by molar-refractivity contribution is 6.09. The van der Waals surface area contributed by atoms with Gasteiger partial charge in [0.15, 0.2) is 0 Å². The van der Waals surface area contributed by atoms with Crippen LogP contribution in [0.5, 0.6) is 0 Å². The average Bonchev–Trinajstić information content (AvgIpc) is 3.39. The van der Waals surface area contributed by atoms with Crippen molar-refractivity contribution in [1.29, 1.82) is 5.26 Å². The summed E-state index contributed by atoms with van der Waals surface area (Å²) in [6, 6.07) is 16.1. The summed E-state index contributed by atoms with van der Waals surface area (Å²) >= 11 is 0. The summed E-state index contributed by atoms with van der Waals surface area (Å²) < 4.78 is 3.80. The van der Waals surface area contributed by atoms with Crippen LogP contribution in [0.4, 0.5) is 10.5 Å². The summed E-state index contributed by atoms with van der Waals surface area (Å²) in [4.78, 5) is 26.8. The Kier molecular flexibility index (Phi) is 4.83. The monoisotopic (exact) mass is 439 g/mol. The van der Waals surface area contributed by atoms with Crippen LogP contribution in [0.15, 0.2) is 54.7 Å². The number of amides is 3. The predicted octanol–water partition coefficient (Wildman–Crippen LogP) is 3.06. The summed E-state index contributed by atoms with van der Waals surface area (Å²) in [7, 11) is 1.98. The van der Waals surface area contributed by atoms with Gasteiger partial charge in [-0.05, 0) is 42.5 Å². The summed E-state index contributed by atoms with van der Waals surface area (Å²) in [5.41, 5.74) is 10.1. The number of nitrogens with one attached hydrogen (secondary N) is 1. The number of nitrogens with zero attached hydrogens (tertiary/aromatic N) is 5. The summed E-state index contributed by atoms with van der Waals surface area (Å²) in [5.74, 6) is -0.338. The molecule has 0 spiro atoms. The van der Waals surface area contributed by atoms with Crippen molar-refractivity contribution in [2.24, 2.45) is 12.8 Å². The molecule has 4 aromatic rings. The number of carbonyl (C=O) groups is 2. The fourth-order valence-electron chi connectivity index (χ4n) is 4.20. The molecule has 3 N–H and O–H groups in total. The molecule has 0 saturated heterocycles. The van der Waals surface area contributed by atoms with E-state index in [0.717, 1.165) is 16.5 Å². The van der Waals surface area contributed by atoms with Crippen LogP contribution in [-0.4, -0.2) is 37.7 Å². The van der Waals surface area contributed by atoms with Gasteiger partial charge in [0.2, 0.25) is 0 Å². The van der Waals surface area contributed by atoms with E-state index in [-0.39, 0.29) is 12.5 Å². The molecule has 3 heterocycles. The predicted molar refractivity (Wildman–Crippen MR) is 123 cm³/mol. The standard InChI is InChI=1S/C24H21N7O2/c1-29-9-8-16-12-17(4-7-19(16)29)22-21(20-14-30(24(26)33)10-11-31(20)28-22)23(32)27-18-5-2-15(13-25)3-6-18/h2-9,12H,10-11,14H2,1H3,(H2,26,33)(H,27,32). The first kappa shape index (κ1) is 20.3. The van der Waals surface area contributed by atoms with E-state index in [1.165, 1.54) is 4.90 Å². The molecule has 0 fully saturated rings. The molecular weight excluding hydrogens is 418 g/mol. The minimum Gasteiger partial charge on any atom is -0.351 e. The van der Waals surface area contributed by atoms with Gasteiger partial charge in [-0.3, -0.25) is 9.48 Å². The number of nitrogens with two attached hydrogens (primary N) is 1. The maximum absolute atomic E-state index is 13.5. The molecule has 0 radical (unpaired) electrons. The molecule has 5 rings (SSSR count). The zero-order valence-corrected chi connectivity index (χ0v) is 17.9. The Morgan fingerprint density at radius 3 is 2.64 bits per heavy atom. The van der Waals surface area contributed by atoms with Crippen molar-refractivity contribution in [2.75, 3.05) is 11.9 Å². The molecule has 0 bridgehead atoms. The van der Waals surface area contributed by atoms with Gasteiger partial charge in [-0.15, -0.1) is 0 Å². The molecule has 33 heavy (non-hydrogen) atoms. The van der Waals surface area contributed by atoms with E-state index in [0.29, 0.717) is 41.3 Å². The van der Waals surface area contributed by atoms with Crippen molar-refractivity contribution in [1.82, 2.24) is 19.2 Å². The topological polar surface area (TPSA) is 122 Å². The van der Waals surface area contributed by atoms with Crippen LogP contribution in [0.25, 0.3) is 22.2 Å². The Labute approximate surface area is 189 Å². The van der Waals surface area contributed by atoms with E-state index in [4.69, 9.17) is 16.1 Å². The summed E-state index contributed by atoms with van der Waals surface area (Å²) in [6.45, 7) is 1.08. The minimum atomic E-state index is -0.534. The highest BCUT2D eigenvalue weighted by Crippen LogP contribution is 2.31. The SMILES string of the molecule is Cn1ccc2cc(-c3nn4c(c3C(=O)Nc3ccc(C#N)cc3)CN(C(N)=O)CC4)ccc21. The molecule has 2 aromatic carbocycles. The van der Waals surface area contributed by atoms with Crippen LogP contribution in [-0.2, 0) is 20.1 Å². The number of rotatable bonds is 3. The molecule has 0 aliphatic carbocycles. The third-order valence-electron chi connectivity index (χ3n) is 5.95. The Bertz CT molecular complexity index is 1440. The van der Waals surface area contributed by atoms with Crippen molar-refractivity contribution < 1.29 is 9.59 Å². The number of anilines is 1. The largest absolute Gasteiger partial charge is 0.351 e. The van der Waals surface area contributed by atoms with Gasteiger partial charge < -0.3 is 20.5 Å². The van der Waals surface area contributed by atoms with Gasteiger partial charge in [0.25, 0.3) is 5.91 Å². The lowest BCUT2D eigenvalue weighted by atomic mass is 10.0. The first-order valence-electron chi connectivity index (χ1n) is 10.5. The molecule has 9 nitrogen and oxygen atoms in total. The number of aromatic nitrogens is 3. The molecule has 164 valence electrons. The van der Waals surface area contributed by atoms with Gasteiger partial charge in [-0.1, -0.05) is 6.07 Å². The second-order valence-electron chi connectivity index (χ2n) is 8.00. The number of hydrogen-bond acceptors (Lipinski definition) is 4. The number of urea groups is 1. The van der Waals surface area contributed by atoms with Crippen LogP contribution in [0.1, 0.15) is 21.6 Å². The van der Waals surface area contributed by atoms with Gasteiger partial charge in [0, 0.05) is 41.9 Å². The van der Waals surface area contributed by atoms with Gasteiger partial charge in [-0.25, -0.2) is 4.79 Å². The smallest absolute Gasteiger partial charge is 0.315 e. The van der Waals surface area contributed by atoms with Crippen LogP contribution < -0.4 is 11.1 Å².